The molecule has 0 spiro atoms. The second-order valence-corrected chi connectivity index (χ2v) is 5.50. The van der Waals surface area contributed by atoms with Crippen LogP contribution in [0.15, 0.2) is 18.6 Å². The van der Waals surface area contributed by atoms with E-state index >= 15 is 0 Å². The van der Waals surface area contributed by atoms with Gasteiger partial charge in [-0.15, -0.1) is 0 Å². The highest BCUT2D eigenvalue weighted by atomic mass is 16.5. The molecule has 2 aromatic heterocycles. The Labute approximate surface area is 125 Å². The number of nitrogens with one attached hydrogen (secondary N) is 1. The Kier molecular flexibility index (Phi) is 3.96. The summed E-state index contributed by atoms with van der Waals surface area (Å²) < 4.78 is 7.83. The molecule has 0 saturated carbocycles. The lowest BCUT2D eigenvalue weighted by Gasteiger charge is -2.39. The van der Waals surface area contributed by atoms with Gasteiger partial charge in [0, 0.05) is 25.5 Å². The molecule has 0 radical (unpaired) electrons. The molecule has 3 rings (SSSR count). The molecular formula is C15H23N5O. The average Bonchev–Trinajstić information content (AvgIpc) is 2.95. The number of imidazole rings is 1. The summed E-state index contributed by atoms with van der Waals surface area (Å²) in [5.41, 5.74) is 0.907. The van der Waals surface area contributed by atoms with E-state index in [2.05, 4.69) is 36.0 Å². The van der Waals surface area contributed by atoms with E-state index in [1.54, 1.807) is 0 Å². The highest BCUT2D eigenvalue weighted by molar-refractivity contribution is 5.67. The van der Waals surface area contributed by atoms with Crippen molar-refractivity contribution in [3.63, 3.8) is 0 Å². The van der Waals surface area contributed by atoms with Crippen molar-refractivity contribution < 1.29 is 4.74 Å². The van der Waals surface area contributed by atoms with Gasteiger partial charge in [-0.05, 0) is 20.3 Å². The molecular weight excluding hydrogens is 266 g/mol. The Morgan fingerprint density at radius 1 is 1.43 bits per heavy atom. The fraction of sp³-hybridized carbons (Fsp3) is 0.600. The SMILES string of the molecule is CCNc1cn2ccnc2c(N2CC(C)OCC2CC)n1. The molecule has 0 aromatic carbocycles. The number of ether oxygens (including phenoxy) is 1. The number of fused-ring (bicyclic) bond motifs is 1. The number of hydrogen-bond acceptors (Lipinski definition) is 5. The molecule has 0 bridgehead atoms. The lowest BCUT2D eigenvalue weighted by molar-refractivity contribution is 0.0297. The number of nitrogens with zero attached hydrogens (tertiary/aromatic N) is 4. The highest BCUT2D eigenvalue weighted by Gasteiger charge is 2.28. The van der Waals surface area contributed by atoms with Crippen LogP contribution >= 0.6 is 0 Å². The Hall–Kier alpha value is -1.82. The maximum atomic E-state index is 5.79. The van der Waals surface area contributed by atoms with Crippen LogP contribution in [0.5, 0.6) is 0 Å². The fourth-order valence-electron chi connectivity index (χ4n) is 2.82. The summed E-state index contributed by atoms with van der Waals surface area (Å²) in [5.74, 6) is 1.83. The van der Waals surface area contributed by atoms with Gasteiger partial charge in [0.15, 0.2) is 11.5 Å². The van der Waals surface area contributed by atoms with E-state index in [1.807, 2.05) is 23.0 Å². The molecule has 0 amide bonds. The highest BCUT2D eigenvalue weighted by Crippen LogP contribution is 2.26. The summed E-state index contributed by atoms with van der Waals surface area (Å²) in [7, 11) is 0. The summed E-state index contributed by atoms with van der Waals surface area (Å²) >= 11 is 0. The van der Waals surface area contributed by atoms with Crippen LogP contribution in [0.25, 0.3) is 5.65 Å². The van der Waals surface area contributed by atoms with E-state index < -0.39 is 0 Å². The first-order chi connectivity index (χ1) is 10.2. The molecule has 3 heterocycles. The van der Waals surface area contributed by atoms with Crippen LogP contribution in [0.1, 0.15) is 27.2 Å². The first-order valence-electron chi connectivity index (χ1n) is 7.68. The van der Waals surface area contributed by atoms with E-state index in [0.717, 1.165) is 43.4 Å². The van der Waals surface area contributed by atoms with Crippen LogP contribution in [0.4, 0.5) is 11.6 Å². The Morgan fingerprint density at radius 3 is 3.05 bits per heavy atom. The van der Waals surface area contributed by atoms with Gasteiger partial charge in [0.2, 0.25) is 0 Å². The minimum atomic E-state index is 0.215. The number of hydrogen-bond donors (Lipinski definition) is 1. The summed E-state index contributed by atoms with van der Waals surface area (Å²) in [6.07, 6.45) is 7.02. The van der Waals surface area contributed by atoms with E-state index in [-0.39, 0.29) is 6.10 Å². The summed E-state index contributed by atoms with van der Waals surface area (Å²) in [5, 5.41) is 3.30. The monoisotopic (exact) mass is 289 g/mol. The summed E-state index contributed by atoms with van der Waals surface area (Å²) in [4.78, 5) is 11.6. The molecule has 1 N–H and O–H groups in total. The topological polar surface area (TPSA) is 54.7 Å². The third-order valence-electron chi connectivity index (χ3n) is 3.93. The van der Waals surface area contributed by atoms with Crippen molar-refractivity contribution in [2.45, 2.75) is 39.3 Å². The zero-order valence-electron chi connectivity index (χ0n) is 12.9. The maximum absolute atomic E-state index is 5.79. The van der Waals surface area contributed by atoms with E-state index in [0.29, 0.717) is 6.04 Å². The van der Waals surface area contributed by atoms with Crippen molar-refractivity contribution in [1.82, 2.24) is 14.4 Å². The van der Waals surface area contributed by atoms with Crippen molar-refractivity contribution in [3.05, 3.63) is 18.6 Å². The van der Waals surface area contributed by atoms with Gasteiger partial charge in [0.1, 0.15) is 5.82 Å². The maximum Gasteiger partial charge on any atom is 0.180 e. The van der Waals surface area contributed by atoms with Crippen molar-refractivity contribution in [2.24, 2.45) is 0 Å². The van der Waals surface area contributed by atoms with Crippen molar-refractivity contribution in [1.29, 1.82) is 0 Å². The molecule has 6 nitrogen and oxygen atoms in total. The van der Waals surface area contributed by atoms with Crippen LogP contribution in [0.2, 0.25) is 0 Å². The zero-order valence-corrected chi connectivity index (χ0v) is 12.9. The van der Waals surface area contributed by atoms with Crippen LogP contribution in [-0.2, 0) is 4.74 Å². The van der Waals surface area contributed by atoms with Gasteiger partial charge >= 0.3 is 0 Å². The summed E-state index contributed by atoms with van der Waals surface area (Å²) in [6, 6.07) is 0.353. The largest absolute Gasteiger partial charge is 0.375 e. The zero-order chi connectivity index (χ0) is 14.8. The van der Waals surface area contributed by atoms with E-state index in [1.165, 1.54) is 0 Å². The van der Waals surface area contributed by atoms with Crippen molar-refractivity contribution in [2.75, 3.05) is 29.9 Å². The molecule has 1 aliphatic rings. The third kappa shape index (κ3) is 2.68. The van der Waals surface area contributed by atoms with Gasteiger partial charge in [-0.25, -0.2) is 9.97 Å². The van der Waals surface area contributed by atoms with Crippen LogP contribution in [0, 0.1) is 0 Å². The fourth-order valence-corrected chi connectivity index (χ4v) is 2.82. The molecule has 2 unspecified atom stereocenters. The normalized spacial score (nSPS) is 22.7. The number of anilines is 2. The van der Waals surface area contributed by atoms with Gasteiger partial charge in [-0.3, -0.25) is 0 Å². The number of morpholine rings is 1. The minimum Gasteiger partial charge on any atom is -0.375 e. The van der Waals surface area contributed by atoms with Gasteiger partial charge in [-0.1, -0.05) is 6.92 Å². The molecule has 2 atom stereocenters. The third-order valence-corrected chi connectivity index (χ3v) is 3.93. The average molecular weight is 289 g/mol. The molecule has 1 fully saturated rings. The first-order valence-corrected chi connectivity index (χ1v) is 7.68. The van der Waals surface area contributed by atoms with Gasteiger partial charge in [-0.2, -0.15) is 0 Å². The predicted octanol–water partition coefficient (Wildman–Crippen LogP) is 2.16. The lowest BCUT2D eigenvalue weighted by atomic mass is 10.1. The standard InChI is InChI=1S/C15H23N5O/c1-4-12-10-21-11(3)8-20(12)15-14-17-6-7-19(14)9-13(18-15)16-5-2/h6-7,9,11-12,16H,4-5,8,10H2,1-3H3. The Balaban J connectivity index is 2.05. The first kappa shape index (κ1) is 14.1. The van der Waals surface area contributed by atoms with Gasteiger partial charge in [0.25, 0.3) is 0 Å². The molecule has 6 heteroatoms. The molecule has 2 aromatic rings. The second-order valence-electron chi connectivity index (χ2n) is 5.50. The second kappa shape index (κ2) is 5.89. The quantitative estimate of drug-likeness (QED) is 0.935. The van der Waals surface area contributed by atoms with E-state index in [9.17, 15) is 0 Å². The molecule has 1 saturated heterocycles. The van der Waals surface area contributed by atoms with Gasteiger partial charge < -0.3 is 19.4 Å². The Morgan fingerprint density at radius 2 is 2.29 bits per heavy atom. The molecule has 1 aliphatic heterocycles. The smallest absolute Gasteiger partial charge is 0.180 e. The lowest BCUT2D eigenvalue weighted by Crippen LogP contribution is -2.49. The summed E-state index contributed by atoms with van der Waals surface area (Å²) in [6.45, 7) is 8.82. The van der Waals surface area contributed by atoms with Gasteiger partial charge in [0.05, 0.1) is 24.9 Å². The predicted molar refractivity (Wildman–Crippen MR) is 84.0 cm³/mol. The van der Waals surface area contributed by atoms with Crippen LogP contribution in [-0.4, -0.2) is 46.2 Å². The minimum absolute atomic E-state index is 0.215. The molecule has 114 valence electrons. The van der Waals surface area contributed by atoms with Crippen molar-refractivity contribution >= 4 is 17.3 Å². The van der Waals surface area contributed by atoms with Crippen molar-refractivity contribution in [3.8, 4) is 0 Å². The van der Waals surface area contributed by atoms with Crippen LogP contribution in [0.3, 0.4) is 0 Å². The molecule has 0 aliphatic carbocycles. The number of aromatic nitrogens is 3. The Bertz CT molecular complexity index is 611. The molecule has 21 heavy (non-hydrogen) atoms. The number of rotatable bonds is 4. The van der Waals surface area contributed by atoms with Crippen LogP contribution < -0.4 is 10.2 Å². The van der Waals surface area contributed by atoms with E-state index in [4.69, 9.17) is 9.72 Å².